The fraction of sp³-hybridized carbons (Fsp3) is 0.222. The van der Waals surface area contributed by atoms with E-state index >= 15 is 0 Å². The highest BCUT2D eigenvalue weighted by atomic mass is 35.5. The van der Waals surface area contributed by atoms with Crippen molar-refractivity contribution in [2.75, 3.05) is 0 Å². The molecule has 3 heterocycles. The molecule has 0 radical (unpaired) electrons. The van der Waals surface area contributed by atoms with Crippen molar-refractivity contribution in [3.63, 3.8) is 0 Å². The molecule has 0 fully saturated rings. The molecule has 5 nitrogen and oxygen atoms in total. The smallest absolute Gasteiger partial charge is 0.262 e. The molecule has 1 N–H and O–H groups in total. The fourth-order valence-corrected chi connectivity index (χ4v) is 6.21. The number of fused-ring (bicyclic) bond motifs is 4. The monoisotopic (exact) mass is 486 g/mol. The molecule has 0 aliphatic heterocycles. The Balaban J connectivity index is 1.26. The van der Waals surface area contributed by atoms with Crippen molar-refractivity contribution >= 4 is 44.1 Å². The summed E-state index contributed by atoms with van der Waals surface area (Å²) in [4.78, 5) is 24.8. The molecule has 1 atom stereocenters. The SMILES string of the molecule is O=c1c2c3c(sc2ncn1Cc1cccc2cccnc12)CC(NCc1ccc(Cl)cc1)CC3. The van der Waals surface area contributed by atoms with Gasteiger partial charge < -0.3 is 5.32 Å². The Kier molecular flexibility index (Phi) is 5.65. The summed E-state index contributed by atoms with van der Waals surface area (Å²) in [6, 6.07) is 18.4. The van der Waals surface area contributed by atoms with Crippen LogP contribution in [0.5, 0.6) is 0 Å². The third kappa shape index (κ3) is 4.02. The van der Waals surface area contributed by atoms with Crippen molar-refractivity contribution in [1.82, 2.24) is 19.9 Å². The third-order valence-electron chi connectivity index (χ3n) is 6.60. The first-order valence-electron chi connectivity index (χ1n) is 11.5. The number of halogens is 1. The fourth-order valence-electron chi connectivity index (χ4n) is 4.83. The van der Waals surface area contributed by atoms with Gasteiger partial charge in [-0.15, -0.1) is 11.3 Å². The molecule has 0 amide bonds. The van der Waals surface area contributed by atoms with Gasteiger partial charge in [-0.2, -0.15) is 0 Å². The molecule has 1 aliphatic rings. The maximum absolute atomic E-state index is 13.5. The second-order valence-corrected chi connectivity index (χ2v) is 10.3. The van der Waals surface area contributed by atoms with E-state index in [1.165, 1.54) is 16.0 Å². The number of aromatic nitrogens is 3. The molecule has 2 aromatic carbocycles. The van der Waals surface area contributed by atoms with Gasteiger partial charge in [-0.05, 0) is 54.2 Å². The van der Waals surface area contributed by atoms with Crippen LogP contribution in [0.15, 0.2) is 71.9 Å². The lowest BCUT2D eigenvalue weighted by atomic mass is 9.93. The summed E-state index contributed by atoms with van der Waals surface area (Å²) in [6.45, 7) is 1.28. The first kappa shape index (κ1) is 21.5. The Morgan fingerprint density at radius 2 is 1.94 bits per heavy atom. The number of rotatable bonds is 5. The minimum absolute atomic E-state index is 0.0445. The summed E-state index contributed by atoms with van der Waals surface area (Å²) >= 11 is 7.66. The topological polar surface area (TPSA) is 59.8 Å². The number of thiophene rings is 1. The number of benzene rings is 2. The Hall–Kier alpha value is -3.06. The summed E-state index contributed by atoms with van der Waals surface area (Å²) in [5.74, 6) is 0. The van der Waals surface area contributed by atoms with Gasteiger partial charge in [0.15, 0.2) is 0 Å². The summed E-state index contributed by atoms with van der Waals surface area (Å²) < 4.78 is 1.73. The van der Waals surface area contributed by atoms with Crippen molar-refractivity contribution in [3.05, 3.63) is 104 Å². The Labute approximate surface area is 206 Å². The van der Waals surface area contributed by atoms with Gasteiger partial charge in [0.2, 0.25) is 0 Å². The molecule has 0 saturated heterocycles. The zero-order valence-corrected chi connectivity index (χ0v) is 20.1. The van der Waals surface area contributed by atoms with E-state index in [1.807, 2.05) is 42.5 Å². The lowest BCUT2D eigenvalue weighted by molar-refractivity contribution is 0.463. The van der Waals surface area contributed by atoms with Gasteiger partial charge in [0.25, 0.3) is 5.56 Å². The van der Waals surface area contributed by atoms with Crippen molar-refractivity contribution in [1.29, 1.82) is 0 Å². The standard InChI is InChI=1S/C27H23ClN4OS/c28-20-8-6-17(7-9-20)14-30-21-10-11-22-23(13-21)34-26-24(22)27(33)32(16-31-26)15-19-4-1-3-18-5-2-12-29-25(18)19/h1-9,12,16,21,30H,10-11,13-15H2. The second kappa shape index (κ2) is 8.95. The molecule has 0 bridgehead atoms. The summed E-state index contributed by atoms with van der Waals surface area (Å²) in [5, 5.41) is 6.30. The van der Waals surface area contributed by atoms with E-state index < -0.39 is 0 Å². The first-order chi connectivity index (χ1) is 16.7. The number of aryl methyl sites for hydroxylation is 1. The molecular formula is C27H23ClN4OS. The van der Waals surface area contributed by atoms with E-state index in [0.29, 0.717) is 12.6 Å². The molecular weight excluding hydrogens is 464 g/mol. The summed E-state index contributed by atoms with van der Waals surface area (Å²) in [5.41, 5.74) is 4.41. The van der Waals surface area contributed by atoms with E-state index in [9.17, 15) is 4.79 Å². The predicted octanol–water partition coefficient (Wildman–Crippen LogP) is 5.36. The number of para-hydroxylation sites is 1. The Morgan fingerprint density at radius 1 is 1.09 bits per heavy atom. The maximum atomic E-state index is 13.5. The van der Waals surface area contributed by atoms with Gasteiger partial charge in [0.05, 0.1) is 23.8 Å². The number of nitrogens with zero attached hydrogens (tertiary/aromatic N) is 3. The van der Waals surface area contributed by atoms with E-state index in [0.717, 1.165) is 57.5 Å². The zero-order valence-electron chi connectivity index (χ0n) is 18.5. The van der Waals surface area contributed by atoms with E-state index in [4.69, 9.17) is 11.6 Å². The first-order valence-corrected chi connectivity index (χ1v) is 12.7. The molecule has 7 heteroatoms. The average Bonchev–Trinajstić information content (AvgIpc) is 3.24. The van der Waals surface area contributed by atoms with E-state index in [-0.39, 0.29) is 5.56 Å². The van der Waals surface area contributed by atoms with Crippen molar-refractivity contribution in [2.45, 2.75) is 38.4 Å². The van der Waals surface area contributed by atoms with Crippen LogP contribution in [0.3, 0.4) is 0 Å². The molecule has 5 aromatic rings. The molecule has 0 saturated carbocycles. The van der Waals surface area contributed by atoms with E-state index in [2.05, 4.69) is 27.4 Å². The Bertz CT molecular complexity index is 1550. The number of nitrogens with one attached hydrogen (secondary N) is 1. The highest BCUT2D eigenvalue weighted by Gasteiger charge is 2.25. The van der Waals surface area contributed by atoms with Crippen molar-refractivity contribution < 1.29 is 0 Å². The minimum Gasteiger partial charge on any atom is -0.310 e. The molecule has 6 rings (SSSR count). The predicted molar refractivity (Wildman–Crippen MR) is 139 cm³/mol. The van der Waals surface area contributed by atoms with Gasteiger partial charge in [0, 0.05) is 34.1 Å². The number of pyridine rings is 1. The van der Waals surface area contributed by atoms with Gasteiger partial charge in [-0.25, -0.2) is 4.98 Å². The summed E-state index contributed by atoms with van der Waals surface area (Å²) in [6.07, 6.45) is 6.31. The van der Waals surface area contributed by atoms with Crippen LogP contribution in [-0.4, -0.2) is 20.6 Å². The molecule has 1 unspecified atom stereocenters. The lowest BCUT2D eigenvalue weighted by Gasteiger charge is -2.23. The van der Waals surface area contributed by atoms with Crippen LogP contribution in [0, 0.1) is 0 Å². The quantitative estimate of drug-likeness (QED) is 0.363. The van der Waals surface area contributed by atoms with Crippen LogP contribution in [0.2, 0.25) is 5.02 Å². The highest BCUT2D eigenvalue weighted by Crippen LogP contribution is 2.34. The van der Waals surface area contributed by atoms with Crippen LogP contribution in [0.4, 0.5) is 0 Å². The molecule has 170 valence electrons. The van der Waals surface area contributed by atoms with Crippen molar-refractivity contribution in [3.8, 4) is 0 Å². The van der Waals surface area contributed by atoms with Crippen LogP contribution in [0.1, 0.15) is 28.0 Å². The Morgan fingerprint density at radius 3 is 2.82 bits per heavy atom. The lowest BCUT2D eigenvalue weighted by Crippen LogP contribution is -2.33. The minimum atomic E-state index is 0.0445. The summed E-state index contributed by atoms with van der Waals surface area (Å²) in [7, 11) is 0. The van der Waals surface area contributed by atoms with Crippen LogP contribution >= 0.6 is 22.9 Å². The third-order valence-corrected chi connectivity index (χ3v) is 8.02. The largest absolute Gasteiger partial charge is 0.310 e. The number of hydrogen-bond acceptors (Lipinski definition) is 5. The zero-order chi connectivity index (χ0) is 23.1. The normalized spacial score (nSPS) is 15.6. The van der Waals surface area contributed by atoms with Gasteiger partial charge >= 0.3 is 0 Å². The molecule has 34 heavy (non-hydrogen) atoms. The van der Waals surface area contributed by atoms with Gasteiger partial charge in [-0.1, -0.05) is 48.0 Å². The molecule has 1 aliphatic carbocycles. The van der Waals surface area contributed by atoms with E-state index in [1.54, 1.807) is 28.4 Å². The van der Waals surface area contributed by atoms with Gasteiger partial charge in [-0.3, -0.25) is 14.3 Å². The van der Waals surface area contributed by atoms with Crippen molar-refractivity contribution in [2.24, 2.45) is 0 Å². The van der Waals surface area contributed by atoms with Gasteiger partial charge in [0.1, 0.15) is 4.83 Å². The van der Waals surface area contributed by atoms with Crippen LogP contribution < -0.4 is 10.9 Å². The maximum Gasteiger partial charge on any atom is 0.262 e. The molecule has 0 spiro atoms. The highest BCUT2D eigenvalue weighted by molar-refractivity contribution is 7.18. The molecule has 3 aromatic heterocycles. The number of hydrogen-bond donors (Lipinski definition) is 1. The van der Waals surface area contributed by atoms with Crippen LogP contribution in [-0.2, 0) is 25.9 Å². The second-order valence-electron chi connectivity index (χ2n) is 8.80. The average molecular weight is 487 g/mol. The van der Waals surface area contributed by atoms with Crippen LogP contribution in [0.25, 0.3) is 21.1 Å².